The average Bonchev–Trinajstić information content (AvgIpc) is 3.02. The lowest BCUT2D eigenvalue weighted by Gasteiger charge is -2.08. The summed E-state index contributed by atoms with van der Waals surface area (Å²) < 4.78 is 6.68. The summed E-state index contributed by atoms with van der Waals surface area (Å²) >= 11 is 3.48. The van der Waals surface area contributed by atoms with Crippen molar-refractivity contribution >= 4 is 22.2 Å². The molecule has 0 heterocycles. The van der Waals surface area contributed by atoms with Gasteiger partial charge in [0.15, 0.2) is 0 Å². The molecule has 0 amide bonds. The lowest BCUT2D eigenvalue weighted by atomic mass is 10.1. The fraction of sp³-hybridized carbons (Fsp3) is 0.417. The van der Waals surface area contributed by atoms with Crippen LogP contribution < -0.4 is 4.74 Å². The van der Waals surface area contributed by atoms with Crippen molar-refractivity contribution in [2.24, 2.45) is 0 Å². The lowest BCUT2D eigenvalue weighted by molar-refractivity contribution is -0.107. The summed E-state index contributed by atoms with van der Waals surface area (Å²) in [4.78, 5) is 10.2. The van der Waals surface area contributed by atoms with Crippen LogP contribution in [0.2, 0.25) is 0 Å². The van der Waals surface area contributed by atoms with E-state index < -0.39 is 0 Å². The van der Waals surface area contributed by atoms with Crippen LogP contribution in [0.1, 0.15) is 24.8 Å². The van der Waals surface area contributed by atoms with Crippen molar-refractivity contribution in [2.45, 2.75) is 31.8 Å². The minimum absolute atomic E-state index is 0.419. The zero-order valence-electron chi connectivity index (χ0n) is 8.41. The summed E-state index contributed by atoms with van der Waals surface area (Å²) in [7, 11) is 0. The zero-order chi connectivity index (χ0) is 10.7. The Morgan fingerprint density at radius 2 is 2.27 bits per heavy atom. The zero-order valence-corrected chi connectivity index (χ0v) is 10.00. The van der Waals surface area contributed by atoms with Gasteiger partial charge in [-0.3, -0.25) is 0 Å². The Labute approximate surface area is 97.8 Å². The van der Waals surface area contributed by atoms with Crippen LogP contribution in [0.3, 0.4) is 0 Å². The molecular weight excluding hydrogens is 256 g/mol. The Morgan fingerprint density at radius 3 is 2.87 bits per heavy atom. The van der Waals surface area contributed by atoms with E-state index in [1.807, 2.05) is 18.2 Å². The maximum absolute atomic E-state index is 10.2. The summed E-state index contributed by atoms with van der Waals surface area (Å²) in [5.41, 5.74) is 1.16. The van der Waals surface area contributed by atoms with Crippen LogP contribution in [0, 0.1) is 0 Å². The first-order valence-electron chi connectivity index (χ1n) is 5.18. The Morgan fingerprint density at radius 1 is 1.47 bits per heavy atom. The minimum Gasteiger partial charge on any atom is -0.489 e. The molecule has 2 nitrogen and oxygen atoms in total. The highest BCUT2D eigenvalue weighted by atomic mass is 79.9. The predicted molar refractivity (Wildman–Crippen MR) is 62.2 cm³/mol. The molecule has 0 N–H and O–H groups in total. The second-order valence-corrected chi connectivity index (χ2v) is 4.64. The van der Waals surface area contributed by atoms with Gasteiger partial charge in [0.25, 0.3) is 0 Å². The number of halogens is 1. The summed E-state index contributed by atoms with van der Waals surface area (Å²) in [5, 5.41) is 0. The van der Waals surface area contributed by atoms with Crippen molar-refractivity contribution in [1.82, 2.24) is 0 Å². The third kappa shape index (κ3) is 3.06. The van der Waals surface area contributed by atoms with Crippen LogP contribution in [0.4, 0.5) is 0 Å². The molecule has 1 fully saturated rings. The fourth-order valence-electron chi connectivity index (χ4n) is 1.39. The van der Waals surface area contributed by atoms with Crippen LogP contribution >= 0.6 is 15.9 Å². The highest BCUT2D eigenvalue weighted by Crippen LogP contribution is 2.32. The molecule has 0 saturated heterocycles. The van der Waals surface area contributed by atoms with E-state index >= 15 is 0 Å². The molecule has 80 valence electrons. The summed E-state index contributed by atoms with van der Waals surface area (Å²) in [6.45, 7) is 0. The number of hydrogen-bond donors (Lipinski definition) is 0. The van der Waals surface area contributed by atoms with Crippen molar-refractivity contribution in [3.8, 4) is 5.75 Å². The normalized spacial score (nSPS) is 15.0. The molecule has 2 rings (SSSR count). The van der Waals surface area contributed by atoms with E-state index in [1.165, 1.54) is 12.8 Å². The van der Waals surface area contributed by atoms with Gasteiger partial charge in [-0.1, -0.05) is 6.07 Å². The van der Waals surface area contributed by atoms with E-state index in [1.54, 1.807) is 0 Å². The van der Waals surface area contributed by atoms with Gasteiger partial charge in [-0.05, 0) is 52.9 Å². The average molecular weight is 269 g/mol. The molecule has 1 aromatic rings. The van der Waals surface area contributed by atoms with Gasteiger partial charge in [0, 0.05) is 6.42 Å². The molecule has 1 aromatic carbocycles. The molecule has 0 radical (unpaired) electrons. The molecule has 1 saturated carbocycles. The predicted octanol–water partition coefficient (Wildman–Crippen LogP) is 3.12. The molecule has 1 aliphatic rings. The van der Waals surface area contributed by atoms with Crippen LogP contribution in [-0.4, -0.2) is 12.4 Å². The number of aldehydes is 1. The monoisotopic (exact) mass is 268 g/mol. The maximum Gasteiger partial charge on any atom is 0.133 e. The SMILES string of the molecule is O=CCCc1ccc(OC2CC2)c(Br)c1. The van der Waals surface area contributed by atoms with Gasteiger partial charge in [-0.15, -0.1) is 0 Å². The van der Waals surface area contributed by atoms with Crippen molar-refractivity contribution in [3.63, 3.8) is 0 Å². The van der Waals surface area contributed by atoms with E-state index in [2.05, 4.69) is 15.9 Å². The van der Waals surface area contributed by atoms with E-state index in [0.717, 1.165) is 28.5 Å². The van der Waals surface area contributed by atoms with Gasteiger partial charge in [0.05, 0.1) is 10.6 Å². The first-order valence-corrected chi connectivity index (χ1v) is 5.97. The smallest absolute Gasteiger partial charge is 0.133 e. The van der Waals surface area contributed by atoms with Gasteiger partial charge in [0.1, 0.15) is 12.0 Å². The van der Waals surface area contributed by atoms with Gasteiger partial charge >= 0.3 is 0 Å². The van der Waals surface area contributed by atoms with Crippen molar-refractivity contribution in [2.75, 3.05) is 0 Å². The second-order valence-electron chi connectivity index (χ2n) is 3.79. The molecule has 0 aromatic heterocycles. The summed E-state index contributed by atoms with van der Waals surface area (Å²) in [6.07, 6.45) is 5.07. The third-order valence-corrected chi connectivity index (χ3v) is 2.98. The number of carbonyl (C=O) groups is 1. The summed E-state index contributed by atoms with van der Waals surface area (Å²) in [5.74, 6) is 0.910. The van der Waals surface area contributed by atoms with E-state index in [9.17, 15) is 4.79 Å². The lowest BCUT2D eigenvalue weighted by Crippen LogP contribution is -1.97. The third-order valence-electron chi connectivity index (χ3n) is 2.37. The molecule has 0 bridgehead atoms. The highest BCUT2D eigenvalue weighted by Gasteiger charge is 2.24. The van der Waals surface area contributed by atoms with Crippen LogP contribution in [0.15, 0.2) is 22.7 Å². The van der Waals surface area contributed by atoms with Crippen LogP contribution in [0.25, 0.3) is 0 Å². The van der Waals surface area contributed by atoms with Gasteiger partial charge in [-0.2, -0.15) is 0 Å². The number of ether oxygens (including phenoxy) is 1. The molecule has 3 heteroatoms. The van der Waals surface area contributed by atoms with Crippen molar-refractivity contribution in [3.05, 3.63) is 28.2 Å². The maximum atomic E-state index is 10.2. The van der Waals surface area contributed by atoms with Gasteiger partial charge < -0.3 is 9.53 Å². The number of aryl methyl sites for hydroxylation is 1. The first kappa shape index (κ1) is 10.7. The molecule has 0 aliphatic heterocycles. The molecular formula is C12H13BrO2. The fourth-order valence-corrected chi connectivity index (χ4v) is 1.91. The Balaban J connectivity index is 2.03. The number of benzene rings is 1. The second kappa shape index (κ2) is 4.79. The quantitative estimate of drug-likeness (QED) is 0.768. The topological polar surface area (TPSA) is 26.3 Å². The molecule has 1 aliphatic carbocycles. The van der Waals surface area contributed by atoms with Crippen LogP contribution in [-0.2, 0) is 11.2 Å². The van der Waals surface area contributed by atoms with Crippen molar-refractivity contribution < 1.29 is 9.53 Å². The molecule has 0 spiro atoms. The minimum atomic E-state index is 0.419. The largest absolute Gasteiger partial charge is 0.489 e. The Bertz CT molecular complexity index is 359. The number of carbonyl (C=O) groups excluding carboxylic acids is 1. The highest BCUT2D eigenvalue weighted by molar-refractivity contribution is 9.10. The summed E-state index contributed by atoms with van der Waals surface area (Å²) in [6, 6.07) is 6.02. The molecule has 0 unspecified atom stereocenters. The molecule has 0 atom stereocenters. The number of rotatable bonds is 5. The Kier molecular flexibility index (Phi) is 3.41. The first-order chi connectivity index (χ1) is 7.29. The molecule has 15 heavy (non-hydrogen) atoms. The standard InChI is InChI=1S/C12H13BrO2/c13-11-8-9(2-1-7-14)3-6-12(11)15-10-4-5-10/h3,6-8,10H,1-2,4-5H2. The van der Waals surface area contributed by atoms with E-state index in [4.69, 9.17) is 4.74 Å². The van der Waals surface area contributed by atoms with E-state index in [-0.39, 0.29) is 0 Å². The Hall–Kier alpha value is -0.830. The van der Waals surface area contributed by atoms with Crippen LogP contribution in [0.5, 0.6) is 5.75 Å². The van der Waals surface area contributed by atoms with Gasteiger partial charge in [-0.25, -0.2) is 0 Å². The van der Waals surface area contributed by atoms with Crippen molar-refractivity contribution in [1.29, 1.82) is 0 Å². The number of hydrogen-bond acceptors (Lipinski definition) is 2. The van der Waals surface area contributed by atoms with Gasteiger partial charge in [0.2, 0.25) is 0 Å². The van der Waals surface area contributed by atoms with E-state index in [0.29, 0.717) is 12.5 Å².